The van der Waals surface area contributed by atoms with Crippen molar-refractivity contribution in [2.24, 2.45) is 0 Å². The second kappa shape index (κ2) is 7.52. The second-order valence-electron chi connectivity index (χ2n) is 5.02. The molecule has 0 heterocycles. The lowest BCUT2D eigenvalue weighted by atomic mass is 10.1. The Morgan fingerprint density at radius 2 is 1.72 bits per heavy atom. The molecule has 0 aliphatic rings. The van der Waals surface area contributed by atoms with E-state index in [0.29, 0.717) is 11.8 Å². The van der Waals surface area contributed by atoms with Gasteiger partial charge < -0.3 is 15.4 Å². The van der Waals surface area contributed by atoms with E-state index in [-0.39, 0.29) is 17.2 Å². The van der Waals surface area contributed by atoms with Gasteiger partial charge in [-0.2, -0.15) is 0 Å². The summed E-state index contributed by atoms with van der Waals surface area (Å²) in [5, 5.41) is 4.76. The number of hydrogen-bond donors (Lipinski definition) is 2. The van der Waals surface area contributed by atoms with Gasteiger partial charge >= 0.3 is 5.97 Å². The highest BCUT2D eigenvalue weighted by Gasteiger charge is 2.18. The van der Waals surface area contributed by atoms with E-state index >= 15 is 0 Å². The fourth-order valence-electron chi connectivity index (χ4n) is 2.05. The number of benzene rings is 2. The molecule has 0 aliphatic carbocycles. The molecule has 2 aromatic rings. The van der Waals surface area contributed by atoms with Crippen molar-refractivity contribution in [3.05, 3.63) is 59.2 Å². The fraction of sp³-hybridized carbons (Fsp3) is 0.118. The Morgan fingerprint density at radius 3 is 2.36 bits per heavy atom. The smallest absolute Gasteiger partial charge is 0.340 e. The molecule has 0 fully saturated rings. The van der Waals surface area contributed by atoms with Crippen molar-refractivity contribution in [1.82, 2.24) is 0 Å². The Labute approximate surface area is 141 Å². The summed E-state index contributed by atoms with van der Waals surface area (Å²) in [6.07, 6.45) is 0. The number of nitrogens with one attached hydrogen (secondary N) is 2. The number of anilines is 2. The highest BCUT2D eigenvalue weighted by atomic mass is 19.1. The fourth-order valence-corrected chi connectivity index (χ4v) is 2.05. The molecule has 25 heavy (non-hydrogen) atoms. The Hall–Kier alpha value is -3.29. The average molecular weight is 348 g/mol. The van der Waals surface area contributed by atoms with Gasteiger partial charge in [0.15, 0.2) is 0 Å². The van der Waals surface area contributed by atoms with E-state index < -0.39 is 29.1 Å². The van der Waals surface area contributed by atoms with Crippen LogP contribution in [0.3, 0.4) is 0 Å². The third-order valence-corrected chi connectivity index (χ3v) is 3.16. The average Bonchev–Trinajstić information content (AvgIpc) is 2.56. The number of carbonyl (C=O) groups excluding carboxylic acids is 3. The van der Waals surface area contributed by atoms with Crippen molar-refractivity contribution in [3.63, 3.8) is 0 Å². The normalized spacial score (nSPS) is 10.1. The zero-order valence-electron chi connectivity index (χ0n) is 13.4. The van der Waals surface area contributed by atoms with Crippen LogP contribution in [0.15, 0.2) is 36.4 Å². The zero-order chi connectivity index (χ0) is 18.6. The molecule has 0 atom stereocenters. The van der Waals surface area contributed by atoms with Gasteiger partial charge in [0, 0.05) is 24.2 Å². The molecule has 0 saturated carbocycles. The van der Waals surface area contributed by atoms with Crippen LogP contribution in [0, 0.1) is 11.6 Å². The van der Waals surface area contributed by atoms with E-state index in [0.717, 1.165) is 13.2 Å². The monoisotopic (exact) mass is 348 g/mol. The molecular weight excluding hydrogens is 334 g/mol. The van der Waals surface area contributed by atoms with Crippen molar-refractivity contribution in [2.75, 3.05) is 17.7 Å². The van der Waals surface area contributed by atoms with Gasteiger partial charge in [0.25, 0.3) is 5.91 Å². The molecule has 0 bridgehead atoms. The second-order valence-corrected chi connectivity index (χ2v) is 5.02. The lowest BCUT2D eigenvalue weighted by Gasteiger charge is -2.10. The van der Waals surface area contributed by atoms with E-state index in [1.54, 1.807) is 6.07 Å². The van der Waals surface area contributed by atoms with Crippen molar-refractivity contribution in [3.8, 4) is 0 Å². The summed E-state index contributed by atoms with van der Waals surface area (Å²) >= 11 is 0. The minimum Gasteiger partial charge on any atom is -0.465 e. The third-order valence-electron chi connectivity index (χ3n) is 3.16. The van der Waals surface area contributed by atoms with E-state index in [1.165, 1.54) is 25.1 Å². The minimum atomic E-state index is -1.10. The van der Waals surface area contributed by atoms with Crippen LogP contribution in [0.4, 0.5) is 20.2 Å². The first-order valence-electron chi connectivity index (χ1n) is 7.08. The molecule has 2 amide bonds. The van der Waals surface area contributed by atoms with Crippen molar-refractivity contribution in [2.45, 2.75) is 6.92 Å². The van der Waals surface area contributed by atoms with Gasteiger partial charge in [-0.1, -0.05) is 6.07 Å². The molecule has 2 N–H and O–H groups in total. The summed E-state index contributed by atoms with van der Waals surface area (Å²) in [4.78, 5) is 34.8. The maximum absolute atomic E-state index is 13.9. The molecule has 0 aliphatic heterocycles. The van der Waals surface area contributed by atoms with E-state index in [2.05, 4.69) is 15.4 Å². The number of amides is 2. The Bertz CT molecular complexity index is 853. The SMILES string of the molecule is COC(=O)c1cc(NC(=O)c2cccc(NC(C)=O)c2)c(F)cc1F. The van der Waals surface area contributed by atoms with Crippen LogP contribution in [0.1, 0.15) is 27.6 Å². The number of halogens is 2. The quantitative estimate of drug-likeness (QED) is 0.832. The number of methoxy groups -OCH3 is 1. The first-order valence-corrected chi connectivity index (χ1v) is 7.08. The van der Waals surface area contributed by atoms with Gasteiger partial charge in [-0.3, -0.25) is 9.59 Å². The predicted molar refractivity (Wildman–Crippen MR) is 86.4 cm³/mol. The Kier molecular flexibility index (Phi) is 5.43. The first kappa shape index (κ1) is 18.1. The molecule has 0 radical (unpaired) electrons. The van der Waals surface area contributed by atoms with Gasteiger partial charge in [0.1, 0.15) is 11.6 Å². The predicted octanol–water partition coefficient (Wildman–Crippen LogP) is 2.96. The van der Waals surface area contributed by atoms with E-state index in [4.69, 9.17) is 0 Å². The van der Waals surface area contributed by atoms with Crippen LogP contribution < -0.4 is 10.6 Å². The highest BCUT2D eigenvalue weighted by molar-refractivity contribution is 6.06. The van der Waals surface area contributed by atoms with E-state index in [9.17, 15) is 23.2 Å². The third kappa shape index (κ3) is 4.37. The van der Waals surface area contributed by atoms with Crippen LogP contribution in [0.25, 0.3) is 0 Å². The summed E-state index contributed by atoms with van der Waals surface area (Å²) in [7, 11) is 1.05. The topological polar surface area (TPSA) is 84.5 Å². The van der Waals surface area contributed by atoms with Gasteiger partial charge in [-0.25, -0.2) is 13.6 Å². The summed E-state index contributed by atoms with van der Waals surface area (Å²) < 4.78 is 31.9. The van der Waals surface area contributed by atoms with Gasteiger partial charge in [-0.15, -0.1) is 0 Å². The largest absolute Gasteiger partial charge is 0.465 e. The van der Waals surface area contributed by atoms with Crippen LogP contribution in [-0.2, 0) is 9.53 Å². The number of rotatable bonds is 4. The highest BCUT2D eigenvalue weighted by Crippen LogP contribution is 2.21. The molecule has 2 rings (SSSR count). The first-order chi connectivity index (χ1) is 11.8. The summed E-state index contributed by atoms with van der Waals surface area (Å²) in [5.74, 6) is -4.16. The summed E-state index contributed by atoms with van der Waals surface area (Å²) in [6.45, 7) is 1.31. The van der Waals surface area contributed by atoms with Crippen molar-refractivity contribution >= 4 is 29.2 Å². The van der Waals surface area contributed by atoms with Crippen LogP contribution >= 0.6 is 0 Å². The van der Waals surface area contributed by atoms with Crippen LogP contribution in [0.2, 0.25) is 0 Å². The Morgan fingerprint density at radius 1 is 1.00 bits per heavy atom. The standard InChI is InChI=1S/C17H14F2N2O4/c1-9(22)20-11-5-3-4-10(6-11)16(23)21-15-7-12(17(24)25-2)13(18)8-14(15)19/h3-8H,1-2H3,(H,20,22)(H,21,23). The molecular formula is C17H14F2N2O4. The molecule has 0 saturated heterocycles. The maximum atomic E-state index is 13.9. The van der Waals surface area contributed by atoms with Crippen LogP contribution in [-0.4, -0.2) is 24.9 Å². The molecule has 2 aromatic carbocycles. The van der Waals surface area contributed by atoms with Gasteiger partial charge in [-0.05, 0) is 24.3 Å². The van der Waals surface area contributed by atoms with Crippen LogP contribution in [0.5, 0.6) is 0 Å². The molecule has 8 heteroatoms. The van der Waals surface area contributed by atoms with Crippen molar-refractivity contribution in [1.29, 1.82) is 0 Å². The van der Waals surface area contributed by atoms with Gasteiger partial charge in [0.05, 0.1) is 18.4 Å². The lowest BCUT2D eigenvalue weighted by molar-refractivity contribution is -0.114. The molecule has 0 aromatic heterocycles. The molecule has 6 nitrogen and oxygen atoms in total. The molecule has 0 unspecified atom stereocenters. The summed E-state index contributed by atoms with van der Waals surface area (Å²) in [5.41, 5.74) is -0.368. The number of carbonyl (C=O) groups is 3. The zero-order valence-corrected chi connectivity index (χ0v) is 13.4. The number of hydrogen-bond acceptors (Lipinski definition) is 4. The maximum Gasteiger partial charge on any atom is 0.340 e. The molecule has 130 valence electrons. The van der Waals surface area contributed by atoms with E-state index in [1.807, 2.05) is 0 Å². The Balaban J connectivity index is 2.29. The van der Waals surface area contributed by atoms with Crippen molar-refractivity contribution < 1.29 is 27.9 Å². The lowest BCUT2D eigenvalue weighted by Crippen LogP contribution is -2.15. The number of ether oxygens (including phenoxy) is 1. The summed E-state index contributed by atoms with van der Waals surface area (Å²) in [6, 6.07) is 7.28. The number of esters is 1. The molecule has 0 spiro atoms. The minimum absolute atomic E-state index is 0.134. The van der Waals surface area contributed by atoms with Gasteiger partial charge in [0.2, 0.25) is 5.91 Å².